The summed E-state index contributed by atoms with van der Waals surface area (Å²) >= 11 is 0. The summed E-state index contributed by atoms with van der Waals surface area (Å²) in [5, 5.41) is 0. The third-order valence-corrected chi connectivity index (χ3v) is 3.48. The molecule has 0 unspecified atom stereocenters. The molecule has 1 aromatic heterocycles. The van der Waals surface area contributed by atoms with E-state index in [9.17, 15) is 0 Å². The van der Waals surface area contributed by atoms with Gasteiger partial charge >= 0.3 is 7.12 Å². The van der Waals surface area contributed by atoms with E-state index in [1.807, 2.05) is 27.7 Å². The average Bonchev–Trinajstić information content (AvgIpc) is 2.99. The molecule has 1 fully saturated rings. The van der Waals surface area contributed by atoms with Crippen molar-refractivity contribution < 1.29 is 21.6 Å². The molecule has 2 heterocycles. The van der Waals surface area contributed by atoms with Gasteiger partial charge in [-0.25, -0.2) is 0 Å². The summed E-state index contributed by atoms with van der Waals surface area (Å²) in [5.74, 6) is -3.38. The minimum Gasteiger partial charge on any atom is -0.399 e. The van der Waals surface area contributed by atoms with Gasteiger partial charge in [0.05, 0.1) is 11.2 Å². The van der Waals surface area contributed by atoms with Crippen molar-refractivity contribution in [2.75, 3.05) is 0 Å². The largest absolute Gasteiger partial charge is 0.496 e. The fraction of sp³-hybridized carbons (Fsp3) is 0.714. The highest BCUT2D eigenvalue weighted by molar-refractivity contribution is 6.62. The van der Waals surface area contributed by atoms with Crippen LogP contribution in [0.4, 0.5) is 0 Å². The molecular weight excluding hydrogens is 225 g/mol. The van der Waals surface area contributed by atoms with E-state index in [1.165, 1.54) is 18.5 Å². The molecule has 0 amide bonds. The van der Waals surface area contributed by atoms with E-state index in [0.29, 0.717) is 5.46 Å². The number of hydrogen-bond acceptors (Lipinski definition) is 2. The maximum absolute atomic E-state index is 8.21. The second kappa shape index (κ2) is 4.43. The minimum atomic E-state index is -3.39. The molecule has 0 radical (unpaired) electrons. The maximum Gasteiger partial charge on any atom is 0.496 e. The quantitative estimate of drug-likeness (QED) is 0.777. The van der Waals surface area contributed by atoms with Gasteiger partial charge < -0.3 is 13.9 Å². The van der Waals surface area contributed by atoms with Gasteiger partial charge in [0.1, 0.15) is 0 Å². The topological polar surface area (TPSA) is 23.4 Å². The van der Waals surface area contributed by atoms with Gasteiger partial charge in [0.25, 0.3) is 0 Å². The van der Waals surface area contributed by atoms with Crippen molar-refractivity contribution in [3.8, 4) is 0 Å². The summed E-state index contributed by atoms with van der Waals surface area (Å²) in [4.78, 5) is 0. The van der Waals surface area contributed by atoms with Crippen LogP contribution < -0.4 is 5.46 Å². The number of hydrogen-bond donors (Lipinski definition) is 0. The first-order chi connectivity index (χ1) is 11.8. The normalized spacial score (nSPS) is 32.0. The molecule has 1 saturated heterocycles. The van der Waals surface area contributed by atoms with Gasteiger partial charge in [-0.15, -0.1) is 0 Å². The highest BCUT2D eigenvalue weighted by Crippen LogP contribution is 2.36. The molecule has 0 spiro atoms. The van der Waals surface area contributed by atoms with Crippen molar-refractivity contribution in [1.29, 1.82) is 0 Å². The predicted molar refractivity (Wildman–Crippen MR) is 75.0 cm³/mol. The van der Waals surface area contributed by atoms with Gasteiger partial charge in [0.15, 0.2) is 0 Å². The van der Waals surface area contributed by atoms with Crippen LogP contribution in [0.1, 0.15) is 53.7 Å². The molecule has 0 atom stereocenters. The Labute approximate surface area is 123 Å². The fourth-order valence-electron chi connectivity index (χ4n) is 1.73. The van der Waals surface area contributed by atoms with Crippen LogP contribution in [-0.2, 0) is 15.8 Å². The molecule has 0 saturated carbocycles. The zero-order valence-corrected chi connectivity index (χ0v) is 11.1. The maximum atomic E-state index is 8.21. The van der Waals surface area contributed by atoms with Crippen LogP contribution in [0.2, 0.25) is 0 Å². The molecular formula is C14H24BNO2. The fourth-order valence-corrected chi connectivity index (χ4v) is 1.73. The molecule has 1 aliphatic heterocycles. The number of aromatic nitrogens is 1. The summed E-state index contributed by atoms with van der Waals surface area (Å²) in [6, 6.07) is 1.46. The van der Waals surface area contributed by atoms with Crippen LogP contribution in [0.25, 0.3) is 0 Å². The number of nitrogens with zero attached hydrogens (tertiary/aromatic N) is 1. The van der Waals surface area contributed by atoms with Gasteiger partial charge in [0, 0.05) is 36.7 Å². The highest BCUT2D eigenvalue weighted by Gasteiger charge is 2.51. The minimum absolute atomic E-state index is 0.399. The van der Waals surface area contributed by atoms with Gasteiger partial charge in [-0.3, -0.25) is 0 Å². The monoisotopic (exact) mass is 258 g/mol. The Morgan fingerprint density at radius 1 is 1.39 bits per heavy atom. The SMILES string of the molecule is [2H]C([2H])([2H])C([2H])(C([2H])([2H])[2H])C([2H])([2H])n1ccc(B2OC(C)(C)C(C)(C)O2)c1. The summed E-state index contributed by atoms with van der Waals surface area (Å²) in [5.41, 5.74) is -0.860. The summed E-state index contributed by atoms with van der Waals surface area (Å²) in [6.45, 7) is -2.44. The van der Waals surface area contributed by atoms with E-state index in [1.54, 1.807) is 0 Å². The lowest BCUT2D eigenvalue weighted by molar-refractivity contribution is 0.00578. The molecule has 2 rings (SSSR count). The highest BCUT2D eigenvalue weighted by atomic mass is 16.7. The lowest BCUT2D eigenvalue weighted by atomic mass is 9.81. The second-order valence-corrected chi connectivity index (χ2v) is 5.43. The van der Waals surface area contributed by atoms with Crippen molar-refractivity contribution >= 4 is 12.6 Å². The summed E-state index contributed by atoms with van der Waals surface area (Å²) in [7, 11) is -0.826. The smallest absolute Gasteiger partial charge is 0.399 e. The predicted octanol–water partition coefficient (Wildman–Crippen LogP) is 2.44. The van der Waals surface area contributed by atoms with Crippen LogP contribution in [0.3, 0.4) is 0 Å². The van der Waals surface area contributed by atoms with Crippen molar-refractivity contribution in [3.63, 3.8) is 0 Å². The third-order valence-electron chi connectivity index (χ3n) is 3.48. The molecule has 0 bridgehead atoms. The van der Waals surface area contributed by atoms with Gasteiger partial charge in [-0.05, 0) is 39.7 Å². The van der Waals surface area contributed by atoms with Gasteiger partial charge in [-0.1, -0.05) is 13.7 Å². The molecule has 3 nitrogen and oxygen atoms in total. The molecule has 0 N–H and O–H groups in total. The first-order valence-electron chi connectivity index (χ1n) is 10.3. The van der Waals surface area contributed by atoms with E-state index in [2.05, 4.69) is 0 Å². The van der Waals surface area contributed by atoms with E-state index < -0.39 is 44.4 Å². The summed E-state index contributed by atoms with van der Waals surface area (Å²) in [6.07, 6.45) is 2.42. The van der Waals surface area contributed by atoms with Crippen molar-refractivity contribution in [1.82, 2.24) is 4.57 Å². The van der Waals surface area contributed by atoms with Gasteiger partial charge in [-0.2, -0.15) is 0 Å². The average molecular weight is 258 g/mol. The molecule has 0 aliphatic carbocycles. The van der Waals surface area contributed by atoms with Crippen LogP contribution in [0.5, 0.6) is 0 Å². The standard InChI is InChI=1S/C14H24BNO2/c1-11(2)9-16-8-7-12(10-16)15-17-13(3,4)14(5,6)18-15/h7-8,10-11H,9H2,1-6H3/i1D3,2D3,9D2,11D. The Morgan fingerprint density at radius 3 is 2.56 bits per heavy atom. The Kier molecular flexibility index (Phi) is 1.51. The van der Waals surface area contributed by atoms with E-state index in [0.717, 1.165) is 4.57 Å². The molecule has 18 heavy (non-hydrogen) atoms. The molecule has 0 aromatic carbocycles. The van der Waals surface area contributed by atoms with E-state index in [4.69, 9.17) is 21.6 Å². The first kappa shape index (κ1) is 6.14. The first-order valence-corrected chi connectivity index (χ1v) is 5.82. The third kappa shape index (κ3) is 2.50. The number of rotatable bonds is 3. The zero-order chi connectivity index (χ0) is 21.3. The van der Waals surface area contributed by atoms with Crippen molar-refractivity contribution in [3.05, 3.63) is 18.5 Å². The molecule has 1 aliphatic rings. The van der Waals surface area contributed by atoms with Crippen LogP contribution >= 0.6 is 0 Å². The van der Waals surface area contributed by atoms with E-state index >= 15 is 0 Å². The Balaban J connectivity index is 2.45. The van der Waals surface area contributed by atoms with Gasteiger partial charge in [0.2, 0.25) is 0 Å². The second-order valence-electron chi connectivity index (χ2n) is 5.43. The lowest BCUT2D eigenvalue weighted by Crippen LogP contribution is -2.41. The van der Waals surface area contributed by atoms with Crippen molar-refractivity contribution in [2.45, 2.75) is 59.1 Å². The molecule has 1 aromatic rings. The Bertz CT molecular complexity index is 678. The summed E-state index contributed by atoms with van der Waals surface area (Å²) < 4.78 is 82.1. The van der Waals surface area contributed by atoms with E-state index in [-0.39, 0.29) is 0 Å². The lowest BCUT2D eigenvalue weighted by Gasteiger charge is -2.32. The van der Waals surface area contributed by atoms with Crippen molar-refractivity contribution in [2.24, 2.45) is 5.89 Å². The van der Waals surface area contributed by atoms with Crippen LogP contribution in [-0.4, -0.2) is 22.9 Å². The molecule has 4 heteroatoms. The Hall–Kier alpha value is -0.735. The Morgan fingerprint density at radius 2 is 2.00 bits per heavy atom. The zero-order valence-electron chi connectivity index (χ0n) is 20.1. The van der Waals surface area contributed by atoms with Crippen LogP contribution in [0, 0.1) is 5.89 Å². The molecule has 100 valence electrons. The van der Waals surface area contributed by atoms with Crippen LogP contribution in [0.15, 0.2) is 18.5 Å².